The molecule has 0 bridgehead atoms. The fourth-order valence-corrected chi connectivity index (χ4v) is 4.04. The van der Waals surface area contributed by atoms with E-state index in [1.54, 1.807) is 0 Å². The van der Waals surface area contributed by atoms with Gasteiger partial charge in [-0.2, -0.15) is 0 Å². The summed E-state index contributed by atoms with van der Waals surface area (Å²) in [6.07, 6.45) is 0. The van der Waals surface area contributed by atoms with E-state index in [9.17, 15) is 0 Å². The Morgan fingerprint density at radius 1 is 1.19 bits per heavy atom. The Bertz CT molecular complexity index is 334. The molecule has 90 valence electrons. The van der Waals surface area contributed by atoms with Crippen LogP contribution in [0.1, 0.15) is 25.0 Å². The molecule has 0 aliphatic carbocycles. The van der Waals surface area contributed by atoms with Crippen molar-refractivity contribution in [2.24, 2.45) is 11.8 Å². The van der Waals surface area contributed by atoms with E-state index in [1.807, 2.05) is 11.8 Å². The zero-order chi connectivity index (χ0) is 12.1. The van der Waals surface area contributed by atoms with Crippen molar-refractivity contribution in [1.29, 1.82) is 0 Å². The van der Waals surface area contributed by atoms with Crippen molar-refractivity contribution in [2.45, 2.75) is 32.6 Å². The van der Waals surface area contributed by atoms with Crippen LogP contribution in [0, 0.1) is 25.7 Å². The standard InChI is InChI=1S/C14H21BrS/c1-10(2)13(8-15)9-16-14-6-5-11(3)12(4)7-14/h5-7,10,13H,8-9H2,1-4H3. The molecule has 0 amide bonds. The Morgan fingerprint density at radius 3 is 2.38 bits per heavy atom. The average molecular weight is 301 g/mol. The van der Waals surface area contributed by atoms with Gasteiger partial charge in [0.1, 0.15) is 0 Å². The SMILES string of the molecule is Cc1ccc(SCC(CBr)C(C)C)cc1C. The third-order valence-electron chi connectivity index (χ3n) is 3.08. The number of thioether (sulfide) groups is 1. The summed E-state index contributed by atoms with van der Waals surface area (Å²) in [5, 5.41) is 1.10. The monoisotopic (exact) mass is 300 g/mol. The Hall–Kier alpha value is 0.0500. The number of alkyl halides is 1. The van der Waals surface area contributed by atoms with E-state index in [-0.39, 0.29) is 0 Å². The lowest BCUT2D eigenvalue weighted by atomic mass is 10.0. The van der Waals surface area contributed by atoms with Gasteiger partial charge in [-0.05, 0) is 48.9 Å². The van der Waals surface area contributed by atoms with Gasteiger partial charge in [-0.3, -0.25) is 0 Å². The highest BCUT2D eigenvalue weighted by Gasteiger charge is 2.12. The van der Waals surface area contributed by atoms with E-state index in [4.69, 9.17) is 0 Å². The predicted octanol–water partition coefficient (Wildman–Crippen LogP) is 5.06. The van der Waals surface area contributed by atoms with Gasteiger partial charge < -0.3 is 0 Å². The molecule has 0 heterocycles. The number of hydrogen-bond donors (Lipinski definition) is 0. The van der Waals surface area contributed by atoms with Gasteiger partial charge in [0.2, 0.25) is 0 Å². The second-order valence-corrected chi connectivity index (χ2v) is 6.46. The summed E-state index contributed by atoms with van der Waals surface area (Å²) in [5.41, 5.74) is 2.77. The fraction of sp³-hybridized carbons (Fsp3) is 0.571. The molecule has 1 aromatic rings. The Labute approximate surface area is 112 Å². The van der Waals surface area contributed by atoms with Gasteiger partial charge in [-0.15, -0.1) is 11.8 Å². The molecule has 1 rings (SSSR count). The van der Waals surface area contributed by atoms with E-state index in [0.717, 1.165) is 17.2 Å². The molecule has 0 saturated carbocycles. The molecule has 1 atom stereocenters. The summed E-state index contributed by atoms with van der Waals surface area (Å²) in [4.78, 5) is 1.40. The van der Waals surface area contributed by atoms with Crippen LogP contribution in [0.15, 0.2) is 23.1 Å². The summed E-state index contributed by atoms with van der Waals surface area (Å²) >= 11 is 5.58. The minimum absolute atomic E-state index is 0.749. The molecule has 0 aliphatic heterocycles. The largest absolute Gasteiger partial charge is 0.126 e. The highest BCUT2D eigenvalue weighted by atomic mass is 79.9. The zero-order valence-corrected chi connectivity index (χ0v) is 13.0. The van der Waals surface area contributed by atoms with Gasteiger partial charge in [-0.25, -0.2) is 0 Å². The van der Waals surface area contributed by atoms with Crippen molar-refractivity contribution in [3.05, 3.63) is 29.3 Å². The van der Waals surface area contributed by atoms with Crippen LogP contribution in [0.2, 0.25) is 0 Å². The molecular formula is C14H21BrS. The molecule has 0 fully saturated rings. The maximum atomic E-state index is 3.60. The average Bonchev–Trinajstić information content (AvgIpc) is 2.23. The van der Waals surface area contributed by atoms with Gasteiger partial charge >= 0.3 is 0 Å². The Morgan fingerprint density at radius 2 is 1.88 bits per heavy atom. The minimum Gasteiger partial charge on any atom is -0.126 e. The fourth-order valence-electron chi connectivity index (χ4n) is 1.42. The van der Waals surface area contributed by atoms with Crippen molar-refractivity contribution in [2.75, 3.05) is 11.1 Å². The predicted molar refractivity (Wildman–Crippen MR) is 78.8 cm³/mol. The molecule has 16 heavy (non-hydrogen) atoms. The molecule has 1 unspecified atom stereocenters. The quantitative estimate of drug-likeness (QED) is 0.541. The van der Waals surface area contributed by atoms with Crippen LogP contribution in [0.25, 0.3) is 0 Å². The van der Waals surface area contributed by atoms with Crippen LogP contribution in [0.4, 0.5) is 0 Å². The number of aryl methyl sites for hydroxylation is 2. The normalized spacial score (nSPS) is 13.1. The van der Waals surface area contributed by atoms with Crippen molar-refractivity contribution < 1.29 is 0 Å². The summed E-state index contributed by atoms with van der Waals surface area (Å²) in [5.74, 6) is 2.70. The van der Waals surface area contributed by atoms with E-state index < -0.39 is 0 Å². The van der Waals surface area contributed by atoms with Crippen LogP contribution < -0.4 is 0 Å². The Kier molecular flexibility index (Phi) is 5.91. The minimum atomic E-state index is 0.749. The molecule has 0 radical (unpaired) electrons. The molecule has 0 nitrogen and oxygen atoms in total. The van der Waals surface area contributed by atoms with Gasteiger partial charge in [0, 0.05) is 16.0 Å². The summed E-state index contributed by atoms with van der Waals surface area (Å²) in [6, 6.07) is 6.75. The first-order valence-corrected chi connectivity index (χ1v) is 7.91. The lowest BCUT2D eigenvalue weighted by molar-refractivity contribution is 0.474. The molecule has 0 aromatic heterocycles. The first-order chi connectivity index (χ1) is 7.54. The van der Waals surface area contributed by atoms with E-state index >= 15 is 0 Å². The summed E-state index contributed by atoms with van der Waals surface area (Å²) in [6.45, 7) is 8.95. The van der Waals surface area contributed by atoms with Crippen molar-refractivity contribution in [3.63, 3.8) is 0 Å². The first kappa shape index (κ1) is 14.1. The molecule has 0 aliphatic rings. The van der Waals surface area contributed by atoms with E-state index in [2.05, 4.69) is 61.8 Å². The van der Waals surface area contributed by atoms with Crippen molar-refractivity contribution in [3.8, 4) is 0 Å². The van der Waals surface area contributed by atoms with Crippen LogP contribution in [0.5, 0.6) is 0 Å². The van der Waals surface area contributed by atoms with Crippen LogP contribution in [-0.4, -0.2) is 11.1 Å². The van der Waals surface area contributed by atoms with Crippen LogP contribution in [-0.2, 0) is 0 Å². The summed E-state index contributed by atoms with van der Waals surface area (Å²) in [7, 11) is 0. The smallest absolute Gasteiger partial charge is 0.00748 e. The number of rotatable bonds is 5. The van der Waals surface area contributed by atoms with Gasteiger partial charge in [-0.1, -0.05) is 35.8 Å². The lowest BCUT2D eigenvalue weighted by Crippen LogP contribution is -2.12. The van der Waals surface area contributed by atoms with Crippen molar-refractivity contribution in [1.82, 2.24) is 0 Å². The molecule has 0 spiro atoms. The van der Waals surface area contributed by atoms with Crippen molar-refractivity contribution >= 4 is 27.7 Å². The number of hydrogen-bond acceptors (Lipinski definition) is 1. The number of benzene rings is 1. The maximum Gasteiger partial charge on any atom is 0.00748 e. The van der Waals surface area contributed by atoms with E-state index in [1.165, 1.54) is 21.8 Å². The topological polar surface area (TPSA) is 0 Å². The first-order valence-electron chi connectivity index (χ1n) is 5.80. The van der Waals surface area contributed by atoms with E-state index in [0.29, 0.717) is 0 Å². The third-order valence-corrected chi connectivity index (χ3v) is 5.10. The molecule has 2 heteroatoms. The second-order valence-electron chi connectivity index (χ2n) is 4.72. The maximum absolute atomic E-state index is 3.60. The highest BCUT2D eigenvalue weighted by molar-refractivity contribution is 9.09. The zero-order valence-electron chi connectivity index (χ0n) is 10.6. The van der Waals surface area contributed by atoms with Gasteiger partial charge in [0.05, 0.1) is 0 Å². The molecule has 1 aromatic carbocycles. The van der Waals surface area contributed by atoms with Crippen LogP contribution in [0.3, 0.4) is 0 Å². The molecule has 0 saturated heterocycles. The lowest BCUT2D eigenvalue weighted by Gasteiger charge is -2.17. The second kappa shape index (κ2) is 6.70. The molecular weight excluding hydrogens is 280 g/mol. The Balaban J connectivity index is 2.57. The number of halogens is 1. The van der Waals surface area contributed by atoms with Gasteiger partial charge in [0.15, 0.2) is 0 Å². The highest BCUT2D eigenvalue weighted by Crippen LogP contribution is 2.26. The van der Waals surface area contributed by atoms with Crippen LogP contribution >= 0.6 is 27.7 Å². The van der Waals surface area contributed by atoms with Gasteiger partial charge in [0.25, 0.3) is 0 Å². The molecule has 0 N–H and O–H groups in total. The third kappa shape index (κ3) is 4.14. The summed E-state index contributed by atoms with van der Waals surface area (Å²) < 4.78 is 0.